The largest absolute Gasteiger partial charge is 0.341 e. The van der Waals surface area contributed by atoms with E-state index in [2.05, 4.69) is 26.7 Å². The number of hydrogen-bond acceptors (Lipinski definition) is 3. The molecule has 1 N–H and O–H groups in total. The van der Waals surface area contributed by atoms with Crippen LogP contribution in [0.25, 0.3) is 0 Å². The smallest absolute Gasteiger partial charge is 0.225 e. The first kappa shape index (κ1) is 13.2. The van der Waals surface area contributed by atoms with Crippen molar-refractivity contribution >= 4 is 18.2 Å². The van der Waals surface area contributed by atoms with Crippen LogP contribution in [0.5, 0.6) is 0 Å². The predicted molar refractivity (Wildman–Crippen MR) is 80.2 cm³/mol. The second-order valence-corrected chi connectivity index (χ2v) is 6.43. The fourth-order valence-corrected chi connectivity index (χ4v) is 3.94. The second kappa shape index (κ2) is 5.65. The molecule has 0 amide bonds. The zero-order valence-electron chi connectivity index (χ0n) is 11.8. The van der Waals surface area contributed by atoms with Gasteiger partial charge in [0.25, 0.3) is 0 Å². The van der Waals surface area contributed by atoms with E-state index in [9.17, 15) is 0 Å². The summed E-state index contributed by atoms with van der Waals surface area (Å²) in [4.78, 5) is 2.36. The molecular formula is C14H24N4S. The fraction of sp³-hybridized carbons (Fsp3) is 0.857. The molecule has 0 aliphatic heterocycles. The third-order valence-electron chi connectivity index (χ3n) is 4.81. The Kier molecular flexibility index (Phi) is 3.91. The molecule has 5 heteroatoms. The van der Waals surface area contributed by atoms with Crippen LogP contribution < -0.4 is 4.90 Å². The number of aromatic nitrogens is 3. The van der Waals surface area contributed by atoms with Crippen molar-refractivity contribution in [1.82, 2.24) is 14.8 Å². The Morgan fingerprint density at radius 1 is 1.11 bits per heavy atom. The fourth-order valence-electron chi connectivity index (χ4n) is 3.67. The van der Waals surface area contributed by atoms with Gasteiger partial charge in [-0.3, -0.25) is 4.57 Å². The number of anilines is 1. The summed E-state index contributed by atoms with van der Waals surface area (Å²) in [5.41, 5.74) is 0. The Hall–Kier alpha value is -0.840. The van der Waals surface area contributed by atoms with Crippen LogP contribution in [-0.4, -0.2) is 27.9 Å². The van der Waals surface area contributed by atoms with E-state index < -0.39 is 0 Å². The Labute approximate surface area is 120 Å². The van der Waals surface area contributed by atoms with Gasteiger partial charge in [-0.2, -0.15) is 0 Å². The van der Waals surface area contributed by atoms with Gasteiger partial charge in [0.2, 0.25) is 5.95 Å². The SMILES string of the molecule is CN(c1n[nH]c(=S)n1C1CCCC1)C1CCCCC1. The van der Waals surface area contributed by atoms with Gasteiger partial charge in [-0.1, -0.05) is 32.1 Å². The third kappa shape index (κ3) is 2.57. The lowest BCUT2D eigenvalue weighted by Crippen LogP contribution is -2.35. The lowest BCUT2D eigenvalue weighted by Gasteiger charge is -2.32. The lowest BCUT2D eigenvalue weighted by atomic mass is 9.95. The van der Waals surface area contributed by atoms with Gasteiger partial charge < -0.3 is 4.90 Å². The first-order chi connectivity index (χ1) is 9.27. The van der Waals surface area contributed by atoms with Crippen LogP contribution >= 0.6 is 12.2 Å². The molecule has 1 aromatic heterocycles. The second-order valence-electron chi connectivity index (χ2n) is 6.04. The van der Waals surface area contributed by atoms with Gasteiger partial charge in [0, 0.05) is 19.1 Å². The van der Waals surface area contributed by atoms with Crippen molar-refractivity contribution in [3.8, 4) is 0 Å². The summed E-state index contributed by atoms with van der Waals surface area (Å²) in [6.45, 7) is 0. The van der Waals surface area contributed by atoms with Crippen molar-refractivity contribution in [2.24, 2.45) is 0 Å². The van der Waals surface area contributed by atoms with Crippen molar-refractivity contribution in [1.29, 1.82) is 0 Å². The zero-order valence-corrected chi connectivity index (χ0v) is 12.6. The van der Waals surface area contributed by atoms with Gasteiger partial charge >= 0.3 is 0 Å². The Bertz CT molecular complexity index is 466. The van der Waals surface area contributed by atoms with Crippen LogP contribution in [0.3, 0.4) is 0 Å². The average molecular weight is 280 g/mol. The van der Waals surface area contributed by atoms with Crippen molar-refractivity contribution in [2.45, 2.75) is 69.9 Å². The number of aromatic amines is 1. The maximum Gasteiger partial charge on any atom is 0.225 e. The molecule has 0 spiro atoms. The minimum atomic E-state index is 0.562. The van der Waals surface area contributed by atoms with Crippen LogP contribution in [0.15, 0.2) is 0 Å². The lowest BCUT2D eigenvalue weighted by molar-refractivity contribution is 0.414. The highest BCUT2D eigenvalue weighted by molar-refractivity contribution is 7.71. The number of hydrogen-bond donors (Lipinski definition) is 1. The zero-order chi connectivity index (χ0) is 13.2. The average Bonchev–Trinajstić information content (AvgIpc) is 3.08. The molecule has 2 aliphatic carbocycles. The first-order valence-corrected chi connectivity index (χ1v) is 8.08. The van der Waals surface area contributed by atoms with E-state index in [1.165, 1.54) is 57.8 Å². The summed E-state index contributed by atoms with van der Waals surface area (Å²) in [6, 6.07) is 1.20. The highest BCUT2D eigenvalue weighted by Crippen LogP contribution is 2.34. The molecule has 2 fully saturated rings. The molecule has 4 nitrogen and oxygen atoms in total. The molecule has 0 unspecified atom stereocenters. The van der Waals surface area contributed by atoms with Crippen molar-refractivity contribution in [3.05, 3.63) is 4.77 Å². The first-order valence-electron chi connectivity index (χ1n) is 7.67. The monoisotopic (exact) mass is 280 g/mol. The highest BCUT2D eigenvalue weighted by Gasteiger charge is 2.26. The normalized spacial score (nSPS) is 21.9. The summed E-state index contributed by atoms with van der Waals surface area (Å²) in [6.07, 6.45) is 11.8. The van der Waals surface area contributed by atoms with E-state index in [-0.39, 0.29) is 0 Å². The predicted octanol–water partition coefficient (Wildman–Crippen LogP) is 3.82. The molecule has 19 heavy (non-hydrogen) atoms. The summed E-state index contributed by atoms with van der Waals surface area (Å²) >= 11 is 5.45. The van der Waals surface area contributed by atoms with Crippen LogP contribution in [0.2, 0.25) is 0 Å². The standard InChI is InChI=1S/C14H24N4S/c1-17(11-7-3-2-4-8-11)13-15-16-14(19)18(13)12-9-5-6-10-12/h11-12H,2-10H2,1H3,(H,16,19). The van der Waals surface area contributed by atoms with Gasteiger partial charge in [-0.25, -0.2) is 5.10 Å². The number of nitrogens with zero attached hydrogens (tertiary/aromatic N) is 3. The maximum atomic E-state index is 5.45. The molecule has 3 rings (SSSR count). The molecule has 0 bridgehead atoms. The molecule has 1 aromatic rings. The Morgan fingerprint density at radius 3 is 2.42 bits per heavy atom. The van der Waals surface area contributed by atoms with Crippen molar-refractivity contribution in [2.75, 3.05) is 11.9 Å². The summed E-state index contributed by atoms with van der Waals surface area (Å²) in [5, 5.41) is 7.52. The van der Waals surface area contributed by atoms with E-state index >= 15 is 0 Å². The molecule has 2 aliphatic rings. The number of rotatable bonds is 3. The summed E-state index contributed by atoms with van der Waals surface area (Å²) in [5.74, 6) is 1.06. The molecular weight excluding hydrogens is 256 g/mol. The number of nitrogens with one attached hydrogen (secondary N) is 1. The molecule has 0 radical (unpaired) electrons. The Morgan fingerprint density at radius 2 is 1.74 bits per heavy atom. The minimum Gasteiger partial charge on any atom is -0.341 e. The van der Waals surface area contributed by atoms with Gasteiger partial charge in [-0.05, 0) is 37.9 Å². The summed E-state index contributed by atoms with van der Waals surface area (Å²) < 4.78 is 3.07. The molecule has 0 aromatic carbocycles. The molecule has 0 saturated heterocycles. The highest BCUT2D eigenvalue weighted by atomic mass is 32.1. The number of H-pyrrole nitrogens is 1. The van der Waals surface area contributed by atoms with Gasteiger partial charge in [0.15, 0.2) is 4.77 Å². The van der Waals surface area contributed by atoms with Crippen LogP contribution in [0.4, 0.5) is 5.95 Å². The van der Waals surface area contributed by atoms with E-state index in [1.807, 2.05) is 0 Å². The molecule has 106 valence electrons. The van der Waals surface area contributed by atoms with Gasteiger partial charge in [0.05, 0.1) is 0 Å². The van der Waals surface area contributed by atoms with E-state index in [0.717, 1.165) is 10.7 Å². The van der Waals surface area contributed by atoms with Crippen molar-refractivity contribution in [3.63, 3.8) is 0 Å². The topological polar surface area (TPSA) is 36.9 Å². The quantitative estimate of drug-likeness (QED) is 0.855. The Balaban J connectivity index is 1.85. The molecule has 0 atom stereocenters. The van der Waals surface area contributed by atoms with Crippen LogP contribution in [0, 0.1) is 4.77 Å². The molecule has 1 heterocycles. The van der Waals surface area contributed by atoms with E-state index in [0.29, 0.717) is 12.1 Å². The minimum absolute atomic E-state index is 0.562. The van der Waals surface area contributed by atoms with Gasteiger partial charge in [-0.15, -0.1) is 5.10 Å². The van der Waals surface area contributed by atoms with Crippen LogP contribution in [0.1, 0.15) is 63.8 Å². The maximum absolute atomic E-state index is 5.45. The molecule has 2 saturated carbocycles. The third-order valence-corrected chi connectivity index (χ3v) is 5.10. The summed E-state index contributed by atoms with van der Waals surface area (Å²) in [7, 11) is 2.19. The van der Waals surface area contributed by atoms with E-state index in [4.69, 9.17) is 12.2 Å². The van der Waals surface area contributed by atoms with Gasteiger partial charge in [0.1, 0.15) is 0 Å². The van der Waals surface area contributed by atoms with E-state index in [1.54, 1.807) is 0 Å². The van der Waals surface area contributed by atoms with Crippen molar-refractivity contribution < 1.29 is 0 Å². The van der Waals surface area contributed by atoms with Crippen LogP contribution in [-0.2, 0) is 0 Å².